The topological polar surface area (TPSA) is 48.9 Å². The summed E-state index contributed by atoms with van der Waals surface area (Å²) in [5, 5.41) is 6.85. The average Bonchev–Trinajstić information content (AvgIpc) is 3.27. The molecular formula is C18H27BrN4O. The Labute approximate surface area is 153 Å². The molecule has 2 unspecified atom stereocenters. The number of benzene rings is 1. The predicted octanol–water partition coefficient (Wildman–Crippen LogP) is 2.62. The summed E-state index contributed by atoms with van der Waals surface area (Å²) in [6.45, 7) is 4.91. The summed E-state index contributed by atoms with van der Waals surface area (Å²) < 4.78 is 6.77. The SMILES string of the molecule is CN=C(NCC1CCN(c2ccc(Br)cc2)C1)NCC1CCCO1. The number of hydrogen-bond acceptors (Lipinski definition) is 3. The molecule has 0 bridgehead atoms. The van der Waals surface area contributed by atoms with E-state index in [0.717, 1.165) is 49.6 Å². The van der Waals surface area contributed by atoms with Crippen LogP contribution in [0.5, 0.6) is 0 Å². The van der Waals surface area contributed by atoms with Gasteiger partial charge in [-0.25, -0.2) is 0 Å². The van der Waals surface area contributed by atoms with Gasteiger partial charge >= 0.3 is 0 Å². The lowest BCUT2D eigenvalue weighted by Gasteiger charge is -2.20. The molecule has 2 saturated heterocycles. The predicted molar refractivity (Wildman–Crippen MR) is 103 cm³/mol. The van der Waals surface area contributed by atoms with Gasteiger partial charge in [0.05, 0.1) is 6.10 Å². The van der Waals surface area contributed by atoms with Gasteiger partial charge in [0.15, 0.2) is 5.96 Å². The summed E-state index contributed by atoms with van der Waals surface area (Å²) in [4.78, 5) is 6.78. The molecule has 6 heteroatoms. The van der Waals surface area contributed by atoms with Crippen LogP contribution in [-0.4, -0.2) is 51.9 Å². The molecule has 0 radical (unpaired) electrons. The standard InChI is InChI=1S/C18H27BrN4O/c1-20-18(22-12-17-3-2-10-24-17)21-11-14-8-9-23(13-14)16-6-4-15(19)5-7-16/h4-7,14,17H,2-3,8-13H2,1H3,(H2,20,21,22). The fourth-order valence-electron chi connectivity index (χ4n) is 3.36. The maximum absolute atomic E-state index is 5.64. The molecule has 2 atom stereocenters. The second-order valence-electron chi connectivity index (χ2n) is 6.55. The lowest BCUT2D eigenvalue weighted by atomic mass is 10.1. The number of aliphatic imine (C=N–C) groups is 1. The molecule has 2 aliphatic heterocycles. The number of halogens is 1. The quantitative estimate of drug-likeness (QED) is 0.595. The molecule has 1 aromatic carbocycles. The normalized spacial score (nSPS) is 24.4. The fourth-order valence-corrected chi connectivity index (χ4v) is 3.63. The largest absolute Gasteiger partial charge is 0.376 e. The van der Waals surface area contributed by atoms with Crippen LogP contribution in [0.25, 0.3) is 0 Å². The van der Waals surface area contributed by atoms with Gasteiger partial charge in [-0.3, -0.25) is 4.99 Å². The molecular weight excluding hydrogens is 368 g/mol. The molecule has 2 aliphatic rings. The molecule has 1 aromatic rings. The van der Waals surface area contributed by atoms with E-state index in [1.54, 1.807) is 0 Å². The monoisotopic (exact) mass is 394 g/mol. The van der Waals surface area contributed by atoms with Gasteiger partial charge in [0.1, 0.15) is 0 Å². The Balaban J connectivity index is 1.40. The van der Waals surface area contributed by atoms with E-state index in [0.29, 0.717) is 12.0 Å². The molecule has 0 spiro atoms. The molecule has 0 saturated carbocycles. The number of guanidine groups is 1. The zero-order valence-corrected chi connectivity index (χ0v) is 15.9. The van der Waals surface area contributed by atoms with E-state index in [9.17, 15) is 0 Å². The average molecular weight is 395 g/mol. The first-order valence-corrected chi connectivity index (χ1v) is 9.60. The molecule has 2 heterocycles. The highest BCUT2D eigenvalue weighted by Crippen LogP contribution is 2.24. The third-order valence-electron chi connectivity index (χ3n) is 4.78. The highest BCUT2D eigenvalue weighted by Gasteiger charge is 2.23. The first kappa shape index (κ1) is 17.5. The Morgan fingerprint density at radius 3 is 2.75 bits per heavy atom. The third-order valence-corrected chi connectivity index (χ3v) is 5.31. The van der Waals surface area contributed by atoms with Gasteiger partial charge in [-0.05, 0) is 49.4 Å². The summed E-state index contributed by atoms with van der Waals surface area (Å²) in [6, 6.07) is 8.58. The minimum Gasteiger partial charge on any atom is -0.376 e. The Morgan fingerprint density at radius 1 is 1.25 bits per heavy atom. The van der Waals surface area contributed by atoms with Crippen molar-refractivity contribution in [1.82, 2.24) is 10.6 Å². The van der Waals surface area contributed by atoms with Crippen LogP contribution >= 0.6 is 15.9 Å². The Bertz CT molecular complexity index is 542. The van der Waals surface area contributed by atoms with Gasteiger partial charge < -0.3 is 20.3 Å². The van der Waals surface area contributed by atoms with Crippen molar-refractivity contribution in [3.63, 3.8) is 0 Å². The second kappa shape index (κ2) is 8.72. The van der Waals surface area contributed by atoms with Crippen molar-refractivity contribution < 1.29 is 4.74 Å². The molecule has 0 aromatic heterocycles. The lowest BCUT2D eigenvalue weighted by molar-refractivity contribution is 0.114. The molecule has 0 aliphatic carbocycles. The van der Waals surface area contributed by atoms with Gasteiger partial charge in [-0.1, -0.05) is 15.9 Å². The minimum absolute atomic E-state index is 0.336. The third kappa shape index (κ3) is 4.86. The maximum atomic E-state index is 5.64. The van der Waals surface area contributed by atoms with Gasteiger partial charge in [-0.2, -0.15) is 0 Å². The van der Waals surface area contributed by atoms with Crippen molar-refractivity contribution in [3.8, 4) is 0 Å². The van der Waals surface area contributed by atoms with Crippen molar-refractivity contribution in [2.45, 2.75) is 25.4 Å². The van der Waals surface area contributed by atoms with Gasteiger partial charge in [-0.15, -0.1) is 0 Å². The van der Waals surface area contributed by atoms with E-state index in [-0.39, 0.29) is 0 Å². The Morgan fingerprint density at radius 2 is 2.04 bits per heavy atom. The maximum Gasteiger partial charge on any atom is 0.191 e. The van der Waals surface area contributed by atoms with Crippen LogP contribution in [0.3, 0.4) is 0 Å². The van der Waals surface area contributed by atoms with Crippen LogP contribution in [-0.2, 0) is 4.74 Å². The number of hydrogen-bond donors (Lipinski definition) is 2. The molecule has 3 rings (SSSR count). The molecule has 2 N–H and O–H groups in total. The van der Waals surface area contributed by atoms with Crippen molar-refractivity contribution in [2.24, 2.45) is 10.9 Å². The summed E-state index contributed by atoms with van der Waals surface area (Å²) in [6.07, 6.45) is 3.87. The van der Waals surface area contributed by atoms with Gasteiger partial charge in [0.2, 0.25) is 0 Å². The van der Waals surface area contributed by atoms with Crippen LogP contribution in [0.15, 0.2) is 33.7 Å². The van der Waals surface area contributed by atoms with Crippen LogP contribution in [0.4, 0.5) is 5.69 Å². The zero-order valence-electron chi connectivity index (χ0n) is 14.3. The number of nitrogens with zero attached hydrogens (tertiary/aromatic N) is 2. The van der Waals surface area contributed by atoms with Crippen molar-refractivity contribution in [2.75, 3.05) is 44.7 Å². The number of ether oxygens (including phenoxy) is 1. The van der Waals surface area contributed by atoms with Crippen LogP contribution < -0.4 is 15.5 Å². The molecule has 132 valence electrons. The first-order valence-electron chi connectivity index (χ1n) is 8.81. The Hall–Kier alpha value is -1.27. The Kier molecular flexibility index (Phi) is 6.37. The summed E-state index contributed by atoms with van der Waals surface area (Å²) in [5.41, 5.74) is 1.31. The number of anilines is 1. The van der Waals surface area contributed by atoms with E-state index in [2.05, 4.69) is 60.7 Å². The van der Waals surface area contributed by atoms with E-state index < -0.39 is 0 Å². The van der Waals surface area contributed by atoms with Crippen LogP contribution in [0.1, 0.15) is 19.3 Å². The lowest BCUT2D eigenvalue weighted by Crippen LogP contribution is -2.43. The minimum atomic E-state index is 0.336. The van der Waals surface area contributed by atoms with E-state index in [1.807, 2.05) is 7.05 Å². The van der Waals surface area contributed by atoms with E-state index >= 15 is 0 Å². The first-order chi connectivity index (χ1) is 11.7. The summed E-state index contributed by atoms with van der Waals surface area (Å²) in [5.74, 6) is 1.53. The second-order valence-corrected chi connectivity index (χ2v) is 7.46. The summed E-state index contributed by atoms with van der Waals surface area (Å²) >= 11 is 3.50. The molecule has 0 amide bonds. The number of rotatable bonds is 5. The fraction of sp³-hybridized carbons (Fsp3) is 0.611. The van der Waals surface area contributed by atoms with E-state index in [1.165, 1.54) is 18.5 Å². The highest BCUT2D eigenvalue weighted by atomic mass is 79.9. The van der Waals surface area contributed by atoms with Crippen LogP contribution in [0.2, 0.25) is 0 Å². The van der Waals surface area contributed by atoms with Gasteiger partial charge in [0.25, 0.3) is 0 Å². The summed E-state index contributed by atoms with van der Waals surface area (Å²) in [7, 11) is 1.83. The molecule has 2 fully saturated rings. The van der Waals surface area contributed by atoms with Crippen molar-refractivity contribution in [1.29, 1.82) is 0 Å². The van der Waals surface area contributed by atoms with E-state index in [4.69, 9.17) is 4.74 Å². The van der Waals surface area contributed by atoms with Crippen molar-refractivity contribution >= 4 is 27.6 Å². The molecule has 5 nitrogen and oxygen atoms in total. The smallest absolute Gasteiger partial charge is 0.191 e. The van der Waals surface area contributed by atoms with Crippen molar-refractivity contribution in [3.05, 3.63) is 28.7 Å². The van der Waals surface area contributed by atoms with Crippen LogP contribution in [0, 0.1) is 5.92 Å². The highest BCUT2D eigenvalue weighted by molar-refractivity contribution is 9.10. The van der Waals surface area contributed by atoms with Gasteiger partial charge in [0, 0.05) is 50.0 Å². The number of nitrogens with one attached hydrogen (secondary N) is 2. The molecule has 24 heavy (non-hydrogen) atoms. The zero-order chi connectivity index (χ0) is 16.8.